The van der Waals surface area contributed by atoms with Gasteiger partial charge >= 0.3 is 0 Å². The molecule has 0 radical (unpaired) electrons. The molecule has 0 unspecified atom stereocenters. The summed E-state index contributed by atoms with van der Waals surface area (Å²) in [4.78, 5) is 25.8. The van der Waals surface area contributed by atoms with Crippen molar-refractivity contribution in [3.63, 3.8) is 0 Å². The van der Waals surface area contributed by atoms with E-state index in [1.165, 1.54) is 26.4 Å². The van der Waals surface area contributed by atoms with Gasteiger partial charge in [0.1, 0.15) is 17.2 Å². The molecule has 24 heavy (non-hydrogen) atoms. The van der Waals surface area contributed by atoms with E-state index < -0.39 is 5.78 Å². The molecule has 0 amide bonds. The molecule has 0 saturated carbocycles. The van der Waals surface area contributed by atoms with Gasteiger partial charge in [-0.15, -0.1) is 0 Å². The van der Waals surface area contributed by atoms with E-state index in [1.807, 2.05) is 0 Å². The van der Waals surface area contributed by atoms with Crippen molar-refractivity contribution in [2.75, 3.05) is 19.5 Å². The summed E-state index contributed by atoms with van der Waals surface area (Å²) in [5.74, 6) is -0.382. The maximum atomic E-state index is 12.9. The van der Waals surface area contributed by atoms with Gasteiger partial charge in [0, 0.05) is 22.5 Å². The van der Waals surface area contributed by atoms with Crippen LogP contribution in [0.5, 0.6) is 17.2 Å². The van der Waals surface area contributed by atoms with E-state index in [4.69, 9.17) is 9.47 Å². The van der Waals surface area contributed by atoms with Gasteiger partial charge in [0.15, 0.2) is 5.78 Å². The first-order valence-corrected chi connectivity index (χ1v) is 8.41. The number of carbonyl (C=O) groups is 2. The van der Waals surface area contributed by atoms with Crippen molar-refractivity contribution in [2.24, 2.45) is 0 Å². The molecule has 0 aromatic heterocycles. The number of carbonyl (C=O) groups excluding carboxylic acids is 2. The van der Waals surface area contributed by atoms with Crippen molar-refractivity contribution >= 4 is 27.5 Å². The van der Waals surface area contributed by atoms with Gasteiger partial charge in [0.25, 0.3) is 0 Å². The topological polar surface area (TPSA) is 72.8 Å². The molecular weight excluding hydrogens is 376 g/mol. The number of rotatable bonds is 4. The molecule has 1 aliphatic rings. The number of aryl methyl sites for hydroxylation is 1. The molecule has 2 aromatic carbocycles. The predicted molar refractivity (Wildman–Crippen MR) is 92.0 cm³/mol. The number of hydrogen-bond acceptors (Lipinski definition) is 5. The minimum Gasteiger partial charge on any atom is -0.507 e. The van der Waals surface area contributed by atoms with E-state index in [-0.39, 0.29) is 33.8 Å². The van der Waals surface area contributed by atoms with Crippen LogP contribution in [0.1, 0.15) is 37.4 Å². The number of phenols is 1. The summed E-state index contributed by atoms with van der Waals surface area (Å²) in [6.45, 7) is 0. The first kappa shape index (κ1) is 16.5. The van der Waals surface area contributed by atoms with Crippen molar-refractivity contribution in [3.8, 4) is 17.2 Å². The van der Waals surface area contributed by atoms with Gasteiger partial charge in [-0.05, 0) is 30.2 Å². The van der Waals surface area contributed by atoms with Crippen molar-refractivity contribution < 1.29 is 24.2 Å². The number of methoxy groups -OCH3 is 2. The zero-order chi connectivity index (χ0) is 17.4. The molecule has 3 rings (SSSR count). The molecule has 0 saturated heterocycles. The summed E-state index contributed by atoms with van der Waals surface area (Å²) in [6, 6.07) is 6.25. The van der Waals surface area contributed by atoms with Crippen molar-refractivity contribution in [3.05, 3.63) is 52.1 Å². The van der Waals surface area contributed by atoms with Crippen LogP contribution in [0.15, 0.2) is 24.3 Å². The van der Waals surface area contributed by atoms with E-state index in [0.717, 1.165) is 10.9 Å². The predicted octanol–water partition coefficient (Wildman–Crippen LogP) is 3.12. The Morgan fingerprint density at radius 2 is 1.67 bits per heavy atom. The Kier molecular flexibility index (Phi) is 4.32. The van der Waals surface area contributed by atoms with Crippen LogP contribution in [-0.2, 0) is 6.42 Å². The van der Waals surface area contributed by atoms with E-state index in [1.54, 1.807) is 12.1 Å². The van der Waals surface area contributed by atoms with E-state index in [9.17, 15) is 14.7 Å². The third kappa shape index (κ3) is 2.47. The van der Waals surface area contributed by atoms with Gasteiger partial charge in [-0.2, -0.15) is 0 Å². The average Bonchev–Trinajstić information content (AvgIpc) is 2.58. The van der Waals surface area contributed by atoms with Gasteiger partial charge in [0.2, 0.25) is 5.78 Å². The number of fused-ring (bicyclic) bond motifs is 2. The van der Waals surface area contributed by atoms with Gasteiger partial charge < -0.3 is 14.6 Å². The number of ketones is 2. The van der Waals surface area contributed by atoms with Crippen LogP contribution in [0, 0.1) is 0 Å². The first-order chi connectivity index (χ1) is 11.5. The molecule has 5 nitrogen and oxygen atoms in total. The maximum Gasteiger partial charge on any atom is 0.201 e. The van der Waals surface area contributed by atoms with E-state index in [2.05, 4.69) is 15.9 Å². The van der Waals surface area contributed by atoms with Gasteiger partial charge in [-0.3, -0.25) is 9.59 Å². The molecule has 0 spiro atoms. The fourth-order valence-corrected chi connectivity index (χ4v) is 3.36. The number of halogens is 1. The SMILES string of the molecule is COc1cc(O)c2c(c1)C(=O)c1cc(CCBr)cc(OC)c1C2=O. The Labute approximate surface area is 147 Å². The van der Waals surface area contributed by atoms with Crippen LogP contribution in [0.2, 0.25) is 0 Å². The molecule has 1 N–H and O–H groups in total. The molecular formula is C18H15BrO5. The number of alkyl halides is 1. The highest BCUT2D eigenvalue weighted by Gasteiger charge is 2.35. The Hall–Kier alpha value is -2.34. The standard InChI is InChI=1S/C18H15BrO5/c1-23-10-7-12-15(13(20)8-10)18(22)16-11(17(12)21)5-9(3-4-19)6-14(16)24-2/h5-8,20H,3-4H2,1-2H3. The summed E-state index contributed by atoms with van der Waals surface area (Å²) in [5, 5.41) is 10.9. The van der Waals surface area contributed by atoms with Gasteiger partial charge in [0.05, 0.1) is 25.3 Å². The summed E-state index contributed by atoms with van der Waals surface area (Å²) >= 11 is 3.37. The number of phenolic OH excluding ortho intramolecular Hbond substituents is 1. The molecule has 0 aliphatic heterocycles. The highest BCUT2D eigenvalue weighted by molar-refractivity contribution is 9.09. The molecule has 0 heterocycles. The minimum absolute atomic E-state index is 0.0140. The maximum absolute atomic E-state index is 12.9. The second-order valence-electron chi connectivity index (χ2n) is 5.39. The first-order valence-electron chi connectivity index (χ1n) is 7.29. The Morgan fingerprint density at radius 1 is 0.958 bits per heavy atom. The number of aromatic hydroxyl groups is 1. The quantitative estimate of drug-likeness (QED) is 0.692. The normalized spacial score (nSPS) is 12.6. The lowest BCUT2D eigenvalue weighted by atomic mass is 9.82. The van der Waals surface area contributed by atoms with Crippen LogP contribution >= 0.6 is 15.9 Å². The number of benzene rings is 2. The van der Waals surface area contributed by atoms with Crippen molar-refractivity contribution in [1.82, 2.24) is 0 Å². The highest BCUT2D eigenvalue weighted by Crippen LogP contribution is 2.39. The zero-order valence-electron chi connectivity index (χ0n) is 13.2. The summed E-state index contributed by atoms with van der Waals surface area (Å²) < 4.78 is 10.4. The fraction of sp³-hybridized carbons (Fsp3) is 0.222. The largest absolute Gasteiger partial charge is 0.507 e. The average molecular weight is 391 g/mol. The van der Waals surface area contributed by atoms with Crippen LogP contribution in [-0.4, -0.2) is 36.2 Å². The van der Waals surface area contributed by atoms with Gasteiger partial charge in [-0.25, -0.2) is 0 Å². The smallest absolute Gasteiger partial charge is 0.201 e. The zero-order valence-corrected chi connectivity index (χ0v) is 14.8. The molecule has 124 valence electrons. The third-order valence-corrected chi connectivity index (χ3v) is 4.43. The van der Waals surface area contributed by atoms with Crippen molar-refractivity contribution in [2.45, 2.75) is 6.42 Å². The van der Waals surface area contributed by atoms with Crippen LogP contribution in [0.3, 0.4) is 0 Å². The number of hydrogen-bond donors (Lipinski definition) is 1. The van der Waals surface area contributed by atoms with E-state index >= 15 is 0 Å². The highest BCUT2D eigenvalue weighted by atomic mass is 79.9. The second-order valence-corrected chi connectivity index (χ2v) is 6.18. The van der Waals surface area contributed by atoms with Gasteiger partial charge in [-0.1, -0.05) is 15.9 Å². The minimum atomic E-state index is -0.429. The molecule has 0 bridgehead atoms. The fourth-order valence-electron chi connectivity index (χ4n) is 2.91. The van der Waals surface area contributed by atoms with E-state index in [0.29, 0.717) is 17.9 Å². The Morgan fingerprint density at radius 3 is 2.29 bits per heavy atom. The second kappa shape index (κ2) is 6.28. The molecule has 0 fully saturated rings. The number of ether oxygens (including phenoxy) is 2. The Bertz CT molecular complexity index is 857. The lowest BCUT2D eigenvalue weighted by molar-refractivity contribution is 0.0973. The lowest BCUT2D eigenvalue weighted by Crippen LogP contribution is -2.22. The molecule has 2 aromatic rings. The third-order valence-electron chi connectivity index (χ3n) is 4.04. The summed E-state index contributed by atoms with van der Waals surface area (Å²) in [5.41, 5.74) is 1.49. The molecule has 1 aliphatic carbocycles. The Balaban J connectivity index is 2.28. The summed E-state index contributed by atoms with van der Waals surface area (Å²) in [6.07, 6.45) is 0.696. The van der Waals surface area contributed by atoms with Crippen LogP contribution < -0.4 is 9.47 Å². The molecule has 0 atom stereocenters. The molecule has 6 heteroatoms. The van der Waals surface area contributed by atoms with Crippen LogP contribution in [0.25, 0.3) is 0 Å². The lowest BCUT2D eigenvalue weighted by Gasteiger charge is -2.22. The summed E-state index contributed by atoms with van der Waals surface area (Å²) in [7, 11) is 2.88. The van der Waals surface area contributed by atoms with Crippen LogP contribution in [0.4, 0.5) is 0 Å². The monoisotopic (exact) mass is 390 g/mol. The van der Waals surface area contributed by atoms with Crippen molar-refractivity contribution in [1.29, 1.82) is 0 Å².